The third-order valence-electron chi connectivity index (χ3n) is 12.6. The van der Waals surface area contributed by atoms with Crippen LogP contribution in [0.15, 0.2) is 51.8 Å². The van der Waals surface area contributed by atoms with Crippen LogP contribution in [0, 0.1) is 50.7 Å². The first-order chi connectivity index (χ1) is 19.2. The largest absolute Gasteiger partial charge is 0.150 e. The topological polar surface area (TPSA) is 29.4 Å². The van der Waals surface area contributed by atoms with E-state index in [1.54, 1.807) is 11.1 Å². The summed E-state index contributed by atoms with van der Waals surface area (Å²) in [6.45, 7) is 30.2. The monoisotopic (exact) mass is 564 g/mol. The summed E-state index contributed by atoms with van der Waals surface area (Å²) in [4.78, 5) is 12.5. The fourth-order valence-electron chi connectivity index (χ4n) is 10.4. The van der Waals surface area contributed by atoms with E-state index in [2.05, 4.69) is 100 Å². The predicted molar refractivity (Wildman–Crippen MR) is 180 cm³/mol. The van der Waals surface area contributed by atoms with Gasteiger partial charge in [0.15, 0.2) is 0 Å². The average Bonchev–Trinajstić information content (AvgIpc) is 3.23. The summed E-state index contributed by atoms with van der Waals surface area (Å²) in [5.74, 6) is 3.31. The zero-order valence-electron chi connectivity index (χ0n) is 29.0. The lowest BCUT2D eigenvalue weighted by Crippen LogP contribution is -2.55. The molecule has 232 valence electrons. The summed E-state index contributed by atoms with van der Waals surface area (Å²) in [5, 5.41) is 3.90. The van der Waals surface area contributed by atoms with Gasteiger partial charge in [-0.2, -0.15) is 4.91 Å². The molecule has 0 amide bonds. The van der Waals surface area contributed by atoms with Crippen molar-refractivity contribution in [2.24, 2.45) is 51.0 Å². The van der Waals surface area contributed by atoms with Crippen molar-refractivity contribution in [2.45, 2.75) is 153 Å². The van der Waals surface area contributed by atoms with Crippen LogP contribution in [0.25, 0.3) is 0 Å². The Morgan fingerprint density at radius 2 is 1.80 bits per heavy atom. The highest BCUT2D eigenvalue weighted by molar-refractivity contribution is 5.52. The molecule has 0 aliphatic heterocycles. The van der Waals surface area contributed by atoms with E-state index in [1.807, 2.05) is 0 Å². The van der Waals surface area contributed by atoms with Crippen LogP contribution in [0.3, 0.4) is 0 Å². The molecule has 0 bridgehead atoms. The maximum absolute atomic E-state index is 12.5. The first kappa shape index (κ1) is 34.1. The van der Waals surface area contributed by atoms with E-state index in [4.69, 9.17) is 0 Å². The van der Waals surface area contributed by atoms with Gasteiger partial charge >= 0.3 is 0 Å². The Morgan fingerprint density at radius 3 is 2.34 bits per heavy atom. The third kappa shape index (κ3) is 6.43. The molecule has 1 fully saturated rings. The second kappa shape index (κ2) is 13.5. The van der Waals surface area contributed by atoms with Crippen molar-refractivity contribution in [1.29, 1.82) is 0 Å². The first-order valence-electron chi connectivity index (χ1n) is 17.3. The van der Waals surface area contributed by atoms with Gasteiger partial charge in [0.25, 0.3) is 0 Å². The Hall–Kier alpha value is -1.44. The van der Waals surface area contributed by atoms with Crippen LogP contribution in [0.5, 0.6) is 0 Å². The molecule has 0 heterocycles. The first-order valence-corrected chi connectivity index (χ1v) is 17.3. The number of fused-ring (bicyclic) bond motifs is 4. The third-order valence-corrected chi connectivity index (χ3v) is 12.6. The number of hydrogen-bond acceptors (Lipinski definition) is 2. The molecule has 1 saturated carbocycles. The molecule has 0 saturated heterocycles. The minimum atomic E-state index is -0.141. The minimum absolute atomic E-state index is 0.107. The van der Waals surface area contributed by atoms with E-state index < -0.39 is 0 Å². The minimum Gasteiger partial charge on any atom is -0.150 e. The number of allylic oxidation sites excluding steroid dienone is 6. The van der Waals surface area contributed by atoms with Crippen LogP contribution >= 0.6 is 0 Å². The molecule has 0 radical (unpaired) electrons. The zero-order chi connectivity index (χ0) is 30.8. The van der Waals surface area contributed by atoms with Gasteiger partial charge in [-0.1, -0.05) is 111 Å². The Balaban J connectivity index is 0.000000587. The van der Waals surface area contributed by atoms with E-state index in [-0.39, 0.29) is 16.9 Å². The van der Waals surface area contributed by atoms with E-state index in [0.717, 1.165) is 25.2 Å². The lowest BCUT2D eigenvalue weighted by Gasteiger charge is -2.62. The van der Waals surface area contributed by atoms with Gasteiger partial charge in [-0.3, -0.25) is 0 Å². The van der Waals surface area contributed by atoms with Crippen LogP contribution < -0.4 is 0 Å². The van der Waals surface area contributed by atoms with Crippen molar-refractivity contribution in [1.82, 2.24) is 0 Å². The Labute approximate surface area is 255 Å². The van der Waals surface area contributed by atoms with Gasteiger partial charge < -0.3 is 0 Å². The Bertz CT molecular complexity index is 1040. The van der Waals surface area contributed by atoms with Crippen LogP contribution in [-0.2, 0) is 0 Å². The predicted octanol–water partition coefficient (Wildman–Crippen LogP) is 12.4. The molecular weight excluding hydrogens is 498 g/mol. The molecular formula is C39H65NO. The fraction of sp³-hybridized carbons (Fsp3) is 0.795. The van der Waals surface area contributed by atoms with Crippen molar-refractivity contribution >= 4 is 0 Å². The van der Waals surface area contributed by atoms with Gasteiger partial charge in [0, 0.05) is 0 Å². The van der Waals surface area contributed by atoms with Crippen LogP contribution in [0.4, 0.5) is 0 Å². The highest BCUT2D eigenvalue weighted by Gasteiger charge is 2.60. The second-order valence-electron chi connectivity index (χ2n) is 15.7. The van der Waals surface area contributed by atoms with Gasteiger partial charge in [0.05, 0.1) is 0 Å². The quantitative estimate of drug-likeness (QED) is 0.203. The molecule has 41 heavy (non-hydrogen) atoms. The Morgan fingerprint density at radius 1 is 1.12 bits per heavy atom. The van der Waals surface area contributed by atoms with E-state index >= 15 is 0 Å². The highest BCUT2D eigenvalue weighted by Crippen LogP contribution is 2.68. The number of nitroso groups, excluding NO2 is 1. The summed E-state index contributed by atoms with van der Waals surface area (Å²) in [5.41, 5.74) is 8.04. The maximum Gasteiger partial charge on any atom is 0.115 e. The molecule has 4 rings (SSSR count). The SMILES string of the molecule is C=C(CCCC1CC=C2C3=C(C(N=O)CC21C)C1(C)CC(C)C(CC)C(C)(C)C1CC3)C(C)C.CCC=C(C)CC. The van der Waals surface area contributed by atoms with Crippen molar-refractivity contribution in [2.75, 3.05) is 0 Å². The average molecular weight is 564 g/mol. The molecule has 4 aliphatic rings. The molecule has 7 atom stereocenters. The molecule has 0 spiro atoms. The van der Waals surface area contributed by atoms with Crippen molar-refractivity contribution in [3.05, 3.63) is 51.5 Å². The van der Waals surface area contributed by atoms with E-state index in [0.29, 0.717) is 29.1 Å². The number of nitrogens with zero attached hydrogens (tertiary/aromatic N) is 1. The summed E-state index contributed by atoms with van der Waals surface area (Å²) < 4.78 is 0. The van der Waals surface area contributed by atoms with Crippen molar-refractivity contribution in [3.63, 3.8) is 0 Å². The summed E-state index contributed by atoms with van der Waals surface area (Å²) in [6, 6.07) is -0.141. The zero-order valence-corrected chi connectivity index (χ0v) is 29.0. The number of rotatable bonds is 9. The van der Waals surface area contributed by atoms with Gasteiger partial charge in [-0.05, 0) is 134 Å². The van der Waals surface area contributed by atoms with Crippen molar-refractivity contribution in [3.8, 4) is 0 Å². The summed E-state index contributed by atoms with van der Waals surface area (Å²) >= 11 is 0. The lowest BCUT2D eigenvalue weighted by molar-refractivity contribution is -0.0739. The molecule has 2 heteroatoms. The van der Waals surface area contributed by atoms with Gasteiger partial charge in [-0.15, -0.1) is 0 Å². The molecule has 2 nitrogen and oxygen atoms in total. The molecule has 0 aromatic carbocycles. The maximum atomic E-state index is 12.5. The number of hydrogen-bond donors (Lipinski definition) is 0. The van der Waals surface area contributed by atoms with Gasteiger partial charge in [0.2, 0.25) is 0 Å². The second-order valence-corrected chi connectivity index (χ2v) is 15.7. The smallest absolute Gasteiger partial charge is 0.115 e. The standard InChI is InChI=1S/C32H51NO.C7H14/c1-10-25-22(5)18-32(9)28(30(25,6)7)17-15-24-26-16-14-23(13-11-12-21(4)20(2)3)31(26,8)19-27(33-34)29(24)32;1-4-6-7(3)5-2/h16,20,22-23,25,27-28H,4,10-15,17-19H2,1-3,5-9H3;6H,4-5H2,1-3H3. The van der Waals surface area contributed by atoms with Gasteiger partial charge in [0.1, 0.15) is 6.04 Å². The normalized spacial score (nSPS) is 36.0. The van der Waals surface area contributed by atoms with Crippen LogP contribution in [-0.4, -0.2) is 6.04 Å². The molecule has 7 unspecified atom stereocenters. The van der Waals surface area contributed by atoms with Gasteiger partial charge in [-0.25, -0.2) is 0 Å². The Kier molecular flexibility index (Phi) is 11.2. The fourth-order valence-corrected chi connectivity index (χ4v) is 10.4. The highest BCUT2D eigenvalue weighted by atomic mass is 16.3. The summed E-state index contributed by atoms with van der Waals surface area (Å²) in [7, 11) is 0. The lowest BCUT2D eigenvalue weighted by atomic mass is 9.42. The van der Waals surface area contributed by atoms with E-state index in [1.165, 1.54) is 68.1 Å². The summed E-state index contributed by atoms with van der Waals surface area (Å²) in [6.07, 6.45) is 17.8. The van der Waals surface area contributed by atoms with Crippen LogP contribution in [0.1, 0.15) is 147 Å². The van der Waals surface area contributed by atoms with Crippen LogP contribution in [0.2, 0.25) is 0 Å². The molecule has 4 aliphatic carbocycles. The molecule has 0 aromatic heterocycles. The molecule has 0 aromatic rings. The van der Waals surface area contributed by atoms with E-state index in [9.17, 15) is 4.91 Å². The van der Waals surface area contributed by atoms with Crippen molar-refractivity contribution < 1.29 is 0 Å². The molecule has 0 N–H and O–H groups in total.